The normalized spacial score (nSPS) is 15.5. The second kappa shape index (κ2) is 6.88. The fourth-order valence-electron chi connectivity index (χ4n) is 1.95. The van der Waals surface area contributed by atoms with E-state index in [4.69, 9.17) is 0 Å². The van der Waals surface area contributed by atoms with E-state index in [-0.39, 0.29) is 0 Å². The smallest absolute Gasteiger partial charge is 0.105 e. The van der Waals surface area contributed by atoms with E-state index in [0.29, 0.717) is 12.1 Å². The van der Waals surface area contributed by atoms with Crippen LogP contribution in [0.2, 0.25) is 0 Å². The van der Waals surface area contributed by atoms with Crippen LogP contribution in [0.5, 0.6) is 0 Å². The van der Waals surface area contributed by atoms with Crippen molar-refractivity contribution in [3.05, 3.63) is 0 Å². The highest BCUT2D eigenvalue weighted by Crippen LogP contribution is 2.12. The van der Waals surface area contributed by atoms with Crippen LogP contribution >= 0.6 is 0 Å². The van der Waals surface area contributed by atoms with Crippen LogP contribution in [0.3, 0.4) is 0 Å². The maximum absolute atomic E-state index is 9.23. The molecule has 0 radical (unpaired) electrons. The monoisotopic (exact) mass is 225 g/mol. The molecular weight excluding hydrogens is 198 g/mol. The molecule has 0 aliphatic heterocycles. The van der Waals surface area contributed by atoms with Crippen LogP contribution < -0.4 is 5.32 Å². The minimum Gasteiger partial charge on any atom is -0.301 e. The van der Waals surface area contributed by atoms with Crippen molar-refractivity contribution in [1.29, 1.82) is 5.26 Å². The number of hydrogen-bond acceptors (Lipinski definition) is 3. The lowest BCUT2D eigenvalue weighted by molar-refractivity contribution is 0.208. The van der Waals surface area contributed by atoms with Crippen molar-refractivity contribution in [2.24, 2.45) is 0 Å². The zero-order valence-electron chi connectivity index (χ0n) is 11.7. The molecule has 0 rings (SSSR count). The highest BCUT2D eigenvalue weighted by atomic mass is 15.1. The Kier molecular flexibility index (Phi) is 6.62. The van der Waals surface area contributed by atoms with Gasteiger partial charge in [0, 0.05) is 18.6 Å². The van der Waals surface area contributed by atoms with Crippen molar-refractivity contribution in [2.75, 3.05) is 13.1 Å². The summed E-state index contributed by atoms with van der Waals surface area (Å²) in [5.74, 6) is 0. The third-order valence-corrected chi connectivity index (χ3v) is 2.89. The molecule has 3 nitrogen and oxygen atoms in total. The van der Waals surface area contributed by atoms with Crippen molar-refractivity contribution < 1.29 is 0 Å². The second-order valence-electron chi connectivity index (χ2n) is 5.22. The predicted octanol–water partition coefficient (Wildman–Crippen LogP) is 2.39. The van der Waals surface area contributed by atoms with E-state index in [2.05, 4.69) is 50.9 Å². The van der Waals surface area contributed by atoms with E-state index in [1.54, 1.807) is 0 Å². The quantitative estimate of drug-likeness (QED) is 0.723. The molecule has 0 amide bonds. The molecule has 0 aromatic heterocycles. The number of nitrogens with zero attached hydrogens (tertiary/aromatic N) is 2. The molecule has 0 spiro atoms. The van der Waals surface area contributed by atoms with E-state index in [0.717, 1.165) is 19.5 Å². The Morgan fingerprint density at radius 3 is 2.19 bits per heavy atom. The van der Waals surface area contributed by atoms with Gasteiger partial charge >= 0.3 is 0 Å². The summed E-state index contributed by atoms with van der Waals surface area (Å²) in [5, 5.41) is 12.6. The highest BCUT2D eigenvalue weighted by molar-refractivity contribution is 5.04. The summed E-state index contributed by atoms with van der Waals surface area (Å²) in [4.78, 5) is 2.39. The molecule has 1 unspecified atom stereocenters. The molecule has 1 N–H and O–H groups in total. The van der Waals surface area contributed by atoms with Gasteiger partial charge in [-0.05, 0) is 47.6 Å². The van der Waals surface area contributed by atoms with E-state index < -0.39 is 5.54 Å². The first-order valence-corrected chi connectivity index (χ1v) is 6.27. The van der Waals surface area contributed by atoms with Crippen LogP contribution in [-0.4, -0.2) is 35.6 Å². The van der Waals surface area contributed by atoms with E-state index in [9.17, 15) is 5.26 Å². The summed E-state index contributed by atoms with van der Waals surface area (Å²) in [6.45, 7) is 14.7. The zero-order valence-corrected chi connectivity index (χ0v) is 11.7. The SMILES string of the molecule is CCN(CCC(C)(C#N)NC(C)C)C(C)C. The van der Waals surface area contributed by atoms with Crippen molar-refractivity contribution in [3.8, 4) is 6.07 Å². The minimum absolute atomic E-state index is 0.346. The van der Waals surface area contributed by atoms with Gasteiger partial charge in [0.05, 0.1) is 6.07 Å². The van der Waals surface area contributed by atoms with Crippen molar-refractivity contribution in [2.45, 2.75) is 65.6 Å². The fraction of sp³-hybridized carbons (Fsp3) is 0.923. The first-order valence-electron chi connectivity index (χ1n) is 6.27. The maximum atomic E-state index is 9.23. The molecule has 0 aliphatic rings. The van der Waals surface area contributed by atoms with E-state index in [1.165, 1.54) is 0 Å². The molecule has 0 saturated carbocycles. The van der Waals surface area contributed by atoms with E-state index in [1.807, 2.05) is 6.92 Å². The third kappa shape index (κ3) is 5.48. The Balaban J connectivity index is 4.28. The largest absolute Gasteiger partial charge is 0.301 e. The Bertz CT molecular complexity index is 230. The summed E-state index contributed by atoms with van der Waals surface area (Å²) in [6.07, 6.45) is 0.869. The van der Waals surface area contributed by atoms with Gasteiger partial charge in [-0.1, -0.05) is 6.92 Å². The summed E-state index contributed by atoms with van der Waals surface area (Å²) in [6, 6.07) is 3.28. The Labute approximate surface area is 101 Å². The molecule has 94 valence electrons. The van der Waals surface area contributed by atoms with Crippen molar-refractivity contribution in [3.63, 3.8) is 0 Å². The second-order valence-corrected chi connectivity index (χ2v) is 5.22. The Hall–Kier alpha value is -0.590. The fourth-order valence-corrected chi connectivity index (χ4v) is 1.95. The first kappa shape index (κ1) is 15.4. The molecule has 3 heteroatoms. The number of rotatable bonds is 7. The van der Waals surface area contributed by atoms with Gasteiger partial charge in [0.15, 0.2) is 0 Å². The van der Waals surface area contributed by atoms with Crippen molar-refractivity contribution in [1.82, 2.24) is 10.2 Å². The van der Waals surface area contributed by atoms with Crippen LogP contribution in [0, 0.1) is 11.3 Å². The lowest BCUT2D eigenvalue weighted by Crippen LogP contribution is -2.47. The predicted molar refractivity (Wildman–Crippen MR) is 69.3 cm³/mol. The molecule has 0 heterocycles. The molecule has 1 atom stereocenters. The summed E-state index contributed by atoms with van der Waals surface area (Å²) >= 11 is 0. The lowest BCUT2D eigenvalue weighted by atomic mass is 9.98. The zero-order chi connectivity index (χ0) is 12.8. The summed E-state index contributed by atoms with van der Waals surface area (Å²) < 4.78 is 0. The lowest BCUT2D eigenvalue weighted by Gasteiger charge is -2.31. The van der Waals surface area contributed by atoms with Gasteiger partial charge < -0.3 is 4.90 Å². The Morgan fingerprint density at radius 1 is 1.31 bits per heavy atom. The van der Waals surface area contributed by atoms with Gasteiger partial charge in [0.25, 0.3) is 0 Å². The molecule has 0 saturated heterocycles. The molecule has 16 heavy (non-hydrogen) atoms. The maximum Gasteiger partial charge on any atom is 0.105 e. The van der Waals surface area contributed by atoms with Gasteiger partial charge in [-0.2, -0.15) is 5.26 Å². The first-order chi connectivity index (χ1) is 7.34. The highest BCUT2D eigenvalue weighted by Gasteiger charge is 2.25. The van der Waals surface area contributed by atoms with Crippen LogP contribution in [-0.2, 0) is 0 Å². The molecule has 0 aromatic carbocycles. The summed E-state index contributed by atoms with van der Waals surface area (Å²) in [5.41, 5.74) is -0.406. The third-order valence-electron chi connectivity index (χ3n) is 2.89. The van der Waals surface area contributed by atoms with Crippen molar-refractivity contribution >= 4 is 0 Å². The topological polar surface area (TPSA) is 39.1 Å². The molecule has 0 aliphatic carbocycles. The number of nitriles is 1. The van der Waals surface area contributed by atoms with E-state index >= 15 is 0 Å². The Morgan fingerprint density at radius 2 is 1.88 bits per heavy atom. The standard InChI is InChI=1S/C13H27N3/c1-7-16(12(4)5)9-8-13(6,10-14)15-11(2)3/h11-12,15H,7-9H2,1-6H3. The average molecular weight is 225 g/mol. The minimum atomic E-state index is -0.406. The van der Waals surface area contributed by atoms with Gasteiger partial charge in [-0.15, -0.1) is 0 Å². The average Bonchev–Trinajstić information content (AvgIpc) is 2.17. The molecule has 0 aromatic rings. The van der Waals surface area contributed by atoms with Crippen LogP contribution in [0.15, 0.2) is 0 Å². The van der Waals surface area contributed by atoms with Gasteiger partial charge in [-0.3, -0.25) is 5.32 Å². The number of nitrogens with one attached hydrogen (secondary N) is 1. The van der Waals surface area contributed by atoms with Gasteiger partial charge in [0.2, 0.25) is 0 Å². The van der Waals surface area contributed by atoms with Gasteiger partial charge in [-0.25, -0.2) is 0 Å². The summed E-state index contributed by atoms with van der Waals surface area (Å²) in [7, 11) is 0. The number of hydrogen-bond donors (Lipinski definition) is 1. The van der Waals surface area contributed by atoms with Gasteiger partial charge in [0.1, 0.15) is 5.54 Å². The molecule has 0 fully saturated rings. The van der Waals surface area contributed by atoms with Crippen LogP contribution in [0.1, 0.15) is 48.0 Å². The molecule has 0 bridgehead atoms. The van der Waals surface area contributed by atoms with Crippen LogP contribution in [0.4, 0.5) is 0 Å². The van der Waals surface area contributed by atoms with Crippen LogP contribution in [0.25, 0.3) is 0 Å². The molecular formula is C13H27N3.